The van der Waals surface area contributed by atoms with Crippen molar-refractivity contribution in [2.75, 3.05) is 17.2 Å². The quantitative estimate of drug-likeness (QED) is 0.722. The molecule has 24 heavy (non-hydrogen) atoms. The van der Waals surface area contributed by atoms with E-state index in [0.717, 1.165) is 24.6 Å². The first-order valence-corrected chi connectivity index (χ1v) is 7.53. The number of nitrogens with one attached hydrogen (secondary N) is 2. The second-order valence-electron chi connectivity index (χ2n) is 5.65. The molecule has 1 aliphatic rings. The number of hydrogen-bond donors (Lipinski definition) is 3. The maximum absolute atomic E-state index is 13.2. The average molecular weight is 334 g/mol. The number of aromatic nitrogens is 2. The van der Waals surface area contributed by atoms with E-state index in [1.165, 1.54) is 12.1 Å². The number of anilines is 2. The second kappa shape index (κ2) is 6.77. The monoisotopic (exact) mass is 334 g/mol. The molecule has 1 heterocycles. The zero-order valence-electron chi connectivity index (χ0n) is 12.7. The van der Waals surface area contributed by atoms with Gasteiger partial charge in [0.05, 0.1) is 5.69 Å². The smallest absolute Gasteiger partial charge is 0.322 e. The Kier molecular flexibility index (Phi) is 4.54. The van der Waals surface area contributed by atoms with Crippen molar-refractivity contribution in [3.05, 3.63) is 47.2 Å². The van der Waals surface area contributed by atoms with Gasteiger partial charge in [-0.3, -0.25) is 4.79 Å². The Morgan fingerprint density at radius 3 is 2.46 bits per heavy atom. The predicted molar refractivity (Wildman–Crippen MR) is 83.8 cm³/mol. The summed E-state index contributed by atoms with van der Waals surface area (Å²) >= 11 is 0. The van der Waals surface area contributed by atoms with Crippen LogP contribution in [0, 0.1) is 11.6 Å². The molecule has 0 atom stereocenters. The Balaban J connectivity index is 1.74. The molecule has 2 aromatic rings. The van der Waals surface area contributed by atoms with Gasteiger partial charge >= 0.3 is 5.97 Å². The fourth-order valence-corrected chi connectivity index (χ4v) is 2.28. The molecule has 1 aromatic carbocycles. The van der Waals surface area contributed by atoms with Crippen molar-refractivity contribution in [1.29, 1.82) is 0 Å². The molecule has 0 amide bonds. The second-order valence-corrected chi connectivity index (χ2v) is 5.65. The first-order chi connectivity index (χ1) is 11.5. The van der Waals surface area contributed by atoms with Crippen molar-refractivity contribution >= 4 is 17.7 Å². The molecule has 1 aromatic heterocycles. The number of carboxylic acid groups (broad SMARTS) is 1. The lowest BCUT2D eigenvalue weighted by atomic mass is 10.2. The molecular weight excluding hydrogens is 318 g/mol. The van der Waals surface area contributed by atoms with E-state index in [9.17, 15) is 13.6 Å². The summed E-state index contributed by atoms with van der Waals surface area (Å²) in [7, 11) is 0. The van der Waals surface area contributed by atoms with Gasteiger partial charge in [-0.15, -0.1) is 0 Å². The van der Waals surface area contributed by atoms with E-state index >= 15 is 0 Å². The number of rotatable bonds is 7. The summed E-state index contributed by atoms with van der Waals surface area (Å²) in [6.07, 6.45) is 2.06. The molecule has 6 nitrogen and oxygen atoms in total. The van der Waals surface area contributed by atoms with Crippen LogP contribution in [0.2, 0.25) is 0 Å². The highest BCUT2D eigenvalue weighted by atomic mass is 19.1. The summed E-state index contributed by atoms with van der Waals surface area (Å²) < 4.78 is 26.4. The Labute approximate surface area is 136 Å². The molecule has 0 radical (unpaired) electrons. The van der Waals surface area contributed by atoms with Crippen LogP contribution in [0.4, 0.5) is 20.5 Å². The van der Waals surface area contributed by atoms with Crippen LogP contribution in [0.1, 0.15) is 30.0 Å². The predicted octanol–water partition coefficient (Wildman–Crippen LogP) is 2.74. The van der Waals surface area contributed by atoms with Gasteiger partial charge in [0.1, 0.15) is 24.0 Å². The van der Waals surface area contributed by atoms with E-state index < -0.39 is 17.6 Å². The summed E-state index contributed by atoms with van der Waals surface area (Å²) in [6.45, 7) is -0.100. The third kappa shape index (κ3) is 4.37. The molecule has 1 fully saturated rings. The van der Waals surface area contributed by atoms with Gasteiger partial charge in [-0.25, -0.2) is 13.8 Å². The first-order valence-electron chi connectivity index (χ1n) is 7.53. The molecular formula is C16H16F2N4O2. The first kappa shape index (κ1) is 16.1. The summed E-state index contributed by atoms with van der Waals surface area (Å²) in [5.41, 5.74) is 1.27. The Morgan fingerprint density at radius 1 is 1.12 bits per heavy atom. The maximum Gasteiger partial charge on any atom is 0.322 e. The molecule has 1 aliphatic carbocycles. The van der Waals surface area contributed by atoms with Crippen LogP contribution >= 0.6 is 0 Å². The van der Waals surface area contributed by atoms with Gasteiger partial charge in [0, 0.05) is 24.6 Å². The number of carboxylic acids is 1. The van der Waals surface area contributed by atoms with Gasteiger partial charge in [-0.1, -0.05) is 0 Å². The third-order valence-corrected chi connectivity index (χ3v) is 3.54. The topological polar surface area (TPSA) is 87.1 Å². The van der Waals surface area contributed by atoms with E-state index in [2.05, 4.69) is 20.6 Å². The summed E-state index contributed by atoms with van der Waals surface area (Å²) in [5, 5.41) is 14.4. The third-order valence-electron chi connectivity index (χ3n) is 3.54. The minimum atomic E-state index is -1.01. The van der Waals surface area contributed by atoms with Crippen molar-refractivity contribution in [2.24, 2.45) is 0 Å². The van der Waals surface area contributed by atoms with Crippen molar-refractivity contribution in [3.63, 3.8) is 0 Å². The maximum atomic E-state index is 13.2. The number of benzene rings is 1. The largest absolute Gasteiger partial charge is 0.480 e. The molecule has 3 N–H and O–H groups in total. The average Bonchev–Trinajstić information content (AvgIpc) is 3.35. The summed E-state index contributed by atoms with van der Waals surface area (Å²) in [4.78, 5) is 19.2. The van der Waals surface area contributed by atoms with Crippen LogP contribution in [0.25, 0.3) is 0 Å². The minimum absolute atomic E-state index is 0.189. The van der Waals surface area contributed by atoms with Gasteiger partial charge in [-0.2, -0.15) is 4.98 Å². The Hall–Kier alpha value is -2.77. The lowest BCUT2D eigenvalue weighted by Crippen LogP contribution is -2.15. The Morgan fingerprint density at radius 2 is 1.83 bits per heavy atom. The minimum Gasteiger partial charge on any atom is -0.480 e. The zero-order valence-corrected chi connectivity index (χ0v) is 12.7. The number of hydrogen-bond acceptors (Lipinski definition) is 5. The van der Waals surface area contributed by atoms with E-state index in [1.807, 2.05) is 0 Å². The Bertz CT molecular complexity index is 745. The number of halogens is 2. The van der Waals surface area contributed by atoms with Gasteiger partial charge in [0.15, 0.2) is 0 Å². The molecule has 3 rings (SSSR count). The van der Waals surface area contributed by atoms with Gasteiger partial charge in [0.2, 0.25) is 5.95 Å². The van der Waals surface area contributed by atoms with Crippen molar-refractivity contribution in [3.8, 4) is 0 Å². The normalized spacial score (nSPS) is 13.6. The standard InChI is InChI=1S/C16H16F2N4O2/c17-11-3-9(4-12(18)5-11)7-19-14-6-13(10-1-2-10)21-16(22-14)20-8-15(23)24/h3-6,10H,1-2,7-8H2,(H,23,24)(H2,19,20,21,22). The van der Waals surface area contributed by atoms with Crippen LogP contribution in [0.5, 0.6) is 0 Å². The van der Waals surface area contributed by atoms with E-state index in [1.54, 1.807) is 6.07 Å². The van der Waals surface area contributed by atoms with Gasteiger partial charge < -0.3 is 15.7 Å². The SMILES string of the molecule is O=C(O)CNc1nc(NCc2cc(F)cc(F)c2)cc(C2CC2)n1. The highest BCUT2D eigenvalue weighted by Gasteiger charge is 2.26. The van der Waals surface area contributed by atoms with E-state index in [-0.39, 0.29) is 19.0 Å². The van der Waals surface area contributed by atoms with Crippen molar-refractivity contribution < 1.29 is 18.7 Å². The molecule has 126 valence electrons. The summed E-state index contributed by atoms with van der Waals surface area (Å²) in [5.74, 6) is -1.25. The molecule has 0 aliphatic heterocycles. The van der Waals surface area contributed by atoms with Crippen LogP contribution in [0.3, 0.4) is 0 Å². The molecule has 0 spiro atoms. The lowest BCUT2D eigenvalue weighted by molar-refractivity contribution is -0.134. The summed E-state index contributed by atoms with van der Waals surface area (Å²) in [6, 6.07) is 5.07. The number of nitrogens with zero attached hydrogens (tertiary/aromatic N) is 2. The van der Waals surface area contributed by atoms with Gasteiger partial charge in [-0.05, 0) is 30.5 Å². The fraction of sp³-hybridized carbons (Fsp3) is 0.312. The molecule has 0 unspecified atom stereocenters. The fourth-order valence-electron chi connectivity index (χ4n) is 2.28. The van der Waals surface area contributed by atoms with E-state index in [4.69, 9.17) is 5.11 Å². The lowest BCUT2D eigenvalue weighted by Gasteiger charge is -2.10. The van der Waals surface area contributed by atoms with Crippen LogP contribution in [-0.2, 0) is 11.3 Å². The van der Waals surface area contributed by atoms with Crippen molar-refractivity contribution in [2.45, 2.75) is 25.3 Å². The van der Waals surface area contributed by atoms with Crippen molar-refractivity contribution in [1.82, 2.24) is 9.97 Å². The zero-order chi connectivity index (χ0) is 17.1. The number of carbonyl (C=O) groups is 1. The van der Waals surface area contributed by atoms with E-state index in [0.29, 0.717) is 17.3 Å². The highest BCUT2D eigenvalue weighted by molar-refractivity contribution is 5.72. The molecule has 1 saturated carbocycles. The van der Waals surface area contributed by atoms with Crippen LogP contribution in [-0.4, -0.2) is 27.6 Å². The highest BCUT2D eigenvalue weighted by Crippen LogP contribution is 2.39. The molecule has 8 heteroatoms. The van der Waals surface area contributed by atoms with Gasteiger partial charge in [0.25, 0.3) is 0 Å². The van der Waals surface area contributed by atoms with Crippen LogP contribution in [0.15, 0.2) is 24.3 Å². The molecule has 0 saturated heterocycles. The molecule has 0 bridgehead atoms. The number of aliphatic carboxylic acids is 1. The van der Waals surface area contributed by atoms with Crippen LogP contribution < -0.4 is 10.6 Å².